The Morgan fingerprint density at radius 1 is 1.14 bits per heavy atom. The number of benzene rings is 1. The molecule has 3 rings (SSSR count). The van der Waals surface area contributed by atoms with Crippen LogP contribution >= 0.6 is 0 Å². The highest BCUT2D eigenvalue weighted by Crippen LogP contribution is 2.56. The van der Waals surface area contributed by atoms with E-state index in [0.29, 0.717) is 18.3 Å². The molecule has 0 aliphatic heterocycles. The van der Waals surface area contributed by atoms with Gasteiger partial charge < -0.3 is 5.11 Å². The van der Waals surface area contributed by atoms with Gasteiger partial charge in [0.15, 0.2) is 0 Å². The molecule has 0 aromatic heterocycles. The first-order valence-corrected chi connectivity index (χ1v) is 8.29. The lowest BCUT2D eigenvalue weighted by Crippen LogP contribution is -2.52. The Hall–Kier alpha value is -1.31. The maximum absolute atomic E-state index is 12.3. The Kier molecular flexibility index (Phi) is 3.81. The summed E-state index contributed by atoms with van der Waals surface area (Å²) < 4.78 is 0. The minimum atomic E-state index is -0.573. The van der Waals surface area contributed by atoms with Crippen molar-refractivity contribution in [1.29, 1.82) is 0 Å². The number of hydrogen-bond donors (Lipinski definition) is 1. The highest BCUT2D eigenvalue weighted by Gasteiger charge is 2.55. The van der Waals surface area contributed by atoms with Crippen LogP contribution in [-0.4, -0.2) is 11.1 Å². The van der Waals surface area contributed by atoms with E-state index in [9.17, 15) is 9.90 Å². The molecule has 114 valence electrons. The third-order valence-corrected chi connectivity index (χ3v) is 6.07. The Balaban J connectivity index is 1.96. The smallest absolute Gasteiger partial charge is 0.310 e. The summed E-state index contributed by atoms with van der Waals surface area (Å²) in [5.41, 5.74) is 0.607. The lowest BCUT2D eigenvalue weighted by molar-refractivity contribution is -0.165. The number of fused-ring (bicyclic) bond motifs is 2. The predicted octanol–water partition coefficient (Wildman–Crippen LogP) is 4.39. The summed E-state index contributed by atoms with van der Waals surface area (Å²) in [6.45, 7) is 4.47. The van der Waals surface area contributed by atoms with Gasteiger partial charge in [-0.05, 0) is 61.3 Å². The van der Waals surface area contributed by atoms with Gasteiger partial charge in [0.1, 0.15) is 0 Å². The molecule has 0 saturated heterocycles. The van der Waals surface area contributed by atoms with Gasteiger partial charge in [-0.15, -0.1) is 0 Å². The molecule has 2 fully saturated rings. The fourth-order valence-electron chi connectivity index (χ4n) is 5.18. The van der Waals surface area contributed by atoms with E-state index in [0.717, 1.165) is 25.2 Å². The van der Waals surface area contributed by atoms with Crippen molar-refractivity contribution in [1.82, 2.24) is 0 Å². The maximum atomic E-state index is 12.3. The van der Waals surface area contributed by atoms with Crippen LogP contribution in [0.2, 0.25) is 0 Å². The van der Waals surface area contributed by atoms with Gasteiger partial charge in [0.05, 0.1) is 5.41 Å². The molecule has 2 aliphatic rings. The summed E-state index contributed by atoms with van der Waals surface area (Å²) in [6, 6.07) is 10.2. The Morgan fingerprint density at radius 3 is 2.52 bits per heavy atom. The zero-order valence-electron chi connectivity index (χ0n) is 13.1. The summed E-state index contributed by atoms with van der Waals surface area (Å²) in [4.78, 5) is 12.3. The fraction of sp³-hybridized carbons (Fsp3) is 0.632. The topological polar surface area (TPSA) is 37.3 Å². The third kappa shape index (κ3) is 2.49. The number of rotatable bonds is 3. The number of carboxylic acid groups (broad SMARTS) is 1. The molecule has 0 spiro atoms. The first-order chi connectivity index (χ1) is 10.0. The van der Waals surface area contributed by atoms with Gasteiger partial charge in [-0.25, -0.2) is 0 Å². The quantitative estimate of drug-likeness (QED) is 0.894. The Labute approximate surface area is 127 Å². The van der Waals surface area contributed by atoms with E-state index in [1.165, 1.54) is 12.0 Å². The number of aliphatic carboxylic acids is 1. The number of carbonyl (C=O) groups is 1. The molecule has 5 unspecified atom stereocenters. The van der Waals surface area contributed by atoms with E-state index >= 15 is 0 Å². The van der Waals surface area contributed by atoms with Crippen molar-refractivity contribution in [3.05, 3.63) is 35.9 Å². The first kappa shape index (κ1) is 14.6. The molecule has 0 radical (unpaired) electrons. The molecule has 21 heavy (non-hydrogen) atoms. The molecular weight excluding hydrogens is 260 g/mol. The fourth-order valence-corrected chi connectivity index (χ4v) is 5.18. The van der Waals surface area contributed by atoms with E-state index in [4.69, 9.17) is 0 Å². The van der Waals surface area contributed by atoms with Gasteiger partial charge in [-0.2, -0.15) is 0 Å². The summed E-state index contributed by atoms with van der Waals surface area (Å²) in [6.07, 6.45) is 5.27. The minimum Gasteiger partial charge on any atom is -0.481 e. The highest BCUT2D eigenvalue weighted by molar-refractivity contribution is 5.76. The van der Waals surface area contributed by atoms with Gasteiger partial charge in [0.25, 0.3) is 0 Å². The minimum absolute atomic E-state index is 0.270. The van der Waals surface area contributed by atoms with Crippen molar-refractivity contribution in [2.45, 2.75) is 46.0 Å². The summed E-state index contributed by atoms with van der Waals surface area (Å²) in [5, 5.41) is 10.1. The molecule has 2 saturated carbocycles. The van der Waals surface area contributed by atoms with Gasteiger partial charge >= 0.3 is 5.97 Å². The summed E-state index contributed by atoms with van der Waals surface area (Å²) in [5.74, 6) is 1.46. The van der Waals surface area contributed by atoms with Crippen LogP contribution in [0.5, 0.6) is 0 Å². The molecule has 1 N–H and O–H groups in total. The third-order valence-electron chi connectivity index (χ3n) is 6.07. The molecule has 2 heteroatoms. The maximum Gasteiger partial charge on any atom is 0.310 e. The second-order valence-electron chi connectivity index (χ2n) is 7.52. The van der Waals surface area contributed by atoms with Crippen LogP contribution in [0.1, 0.15) is 45.1 Å². The predicted molar refractivity (Wildman–Crippen MR) is 84.0 cm³/mol. The average molecular weight is 286 g/mol. The van der Waals surface area contributed by atoms with Crippen LogP contribution in [0, 0.1) is 29.1 Å². The molecule has 0 heterocycles. The van der Waals surface area contributed by atoms with E-state index in [1.54, 1.807) is 0 Å². The van der Waals surface area contributed by atoms with E-state index < -0.39 is 11.4 Å². The summed E-state index contributed by atoms with van der Waals surface area (Å²) in [7, 11) is 0. The Morgan fingerprint density at radius 2 is 1.86 bits per heavy atom. The van der Waals surface area contributed by atoms with Crippen molar-refractivity contribution >= 4 is 5.97 Å². The molecule has 5 atom stereocenters. The molecule has 1 aromatic rings. The lowest BCUT2D eigenvalue weighted by Gasteiger charge is -2.52. The second-order valence-corrected chi connectivity index (χ2v) is 7.52. The first-order valence-electron chi connectivity index (χ1n) is 8.29. The highest BCUT2D eigenvalue weighted by atomic mass is 16.4. The van der Waals surface area contributed by atoms with Crippen molar-refractivity contribution in [2.24, 2.45) is 29.1 Å². The van der Waals surface area contributed by atoms with Gasteiger partial charge in [-0.3, -0.25) is 4.79 Å². The van der Waals surface area contributed by atoms with Crippen molar-refractivity contribution in [3.63, 3.8) is 0 Å². The normalized spacial score (nSPS) is 39.0. The van der Waals surface area contributed by atoms with E-state index in [1.807, 2.05) is 18.2 Å². The zero-order valence-corrected chi connectivity index (χ0v) is 13.1. The molecule has 2 aliphatic carbocycles. The van der Waals surface area contributed by atoms with Crippen molar-refractivity contribution in [3.8, 4) is 0 Å². The van der Waals surface area contributed by atoms with Gasteiger partial charge in [-0.1, -0.05) is 44.2 Å². The van der Waals surface area contributed by atoms with Crippen molar-refractivity contribution in [2.75, 3.05) is 0 Å². The van der Waals surface area contributed by atoms with Crippen LogP contribution in [0.15, 0.2) is 30.3 Å². The van der Waals surface area contributed by atoms with E-state index in [-0.39, 0.29) is 5.92 Å². The van der Waals surface area contributed by atoms with Crippen LogP contribution in [0.4, 0.5) is 0 Å². The number of carboxylic acids is 1. The molecule has 2 bridgehead atoms. The van der Waals surface area contributed by atoms with Crippen LogP contribution in [0.3, 0.4) is 0 Å². The SMILES string of the molecule is CC1CC2CC(C)C(Cc3ccccc3)(C(=O)O)C(C1)C2. The average Bonchev–Trinajstić information content (AvgIpc) is 2.43. The van der Waals surface area contributed by atoms with Crippen molar-refractivity contribution < 1.29 is 9.90 Å². The number of hydrogen-bond acceptors (Lipinski definition) is 1. The molecule has 0 amide bonds. The Bertz CT molecular complexity index is 506. The van der Waals surface area contributed by atoms with Gasteiger partial charge in [0, 0.05) is 0 Å². The monoisotopic (exact) mass is 286 g/mol. The van der Waals surface area contributed by atoms with Crippen LogP contribution in [-0.2, 0) is 11.2 Å². The zero-order chi connectivity index (χ0) is 15.0. The molecule has 2 nitrogen and oxygen atoms in total. The van der Waals surface area contributed by atoms with Crippen LogP contribution < -0.4 is 0 Å². The molecular formula is C19H26O2. The van der Waals surface area contributed by atoms with Crippen LogP contribution in [0.25, 0.3) is 0 Å². The van der Waals surface area contributed by atoms with E-state index in [2.05, 4.69) is 26.0 Å². The lowest BCUT2D eigenvalue weighted by atomic mass is 9.51. The molecule has 1 aromatic carbocycles. The van der Waals surface area contributed by atoms with Gasteiger partial charge in [0.2, 0.25) is 0 Å². The standard InChI is InChI=1S/C19H26O2/c1-13-8-16-10-14(2)19(18(20)21,17(9-13)11-16)12-15-6-4-3-5-7-15/h3-7,13-14,16-17H,8-12H2,1-2H3,(H,20,21). The second kappa shape index (κ2) is 5.47. The summed E-state index contributed by atoms with van der Waals surface area (Å²) >= 11 is 0. The largest absolute Gasteiger partial charge is 0.481 e.